The third kappa shape index (κ3) is 6.76. The van der Waals surface area contributed by atoms with Crippen molar-refractivity contribution < 1.29 is 9.09 Å². The molecule has 1 atom stereocenters. The molecule has 2 aromatic rings. The predicted octanol–water partition coefficient (Wildman–Crippen LogP) is 7.35. The Morgan fingerprint density at radius 1 is 0.828 bits per heavy atom. The molecule has 0 heterocycles. The molecular weight excluding hydrogens is 375 g/mol. The van der Waals surface area contributed by atoms with Gasteiger partial charge in [0.25, 0.3) is 0 Å². The normalized spacial score (nSPS) is 12.3. The maximum absolute atomic E-state index is 12.8. The Hall–Kier alpha value is -1.50. The highest BCUT2D eigenvalue weighted by Gasteiger charge is 2.28. The Bertz CT molecular complexity index is 790. The Kier molecular flexibility index (Phi) is 9.05. The maximum atomic E-state index is 12.8. The first-order valence-electron chi connectivity index (χ1n) is 11.1. The molecule has 0 amide bonds. The van der Waals surface area contributed by atoms with Crippen LogP contribution in [0.2, 0.25) is 0 Å². The molecule has 3 heteroatoms. The van der Waals surface area contributed by atoms with Crippen LogP contribution in [0.15, 0.2) is 36.4 Å². The first kappa shape index (κ1) is 23.8. The van der Waals surface area contributed by atoms with Gasteiger partial charge < -0.3 is 0 Å². The molecule has 29 heavy (non-hydrogen) atoms. The summed E-state index contributed by atoms with van der Waals surface area (Å²) in [7, 11) is -1.86. The quantitative estimate of drug-likeness (QED) is 0.381. The highest BCUT2D eigenvalue weighted by molar-refractivity contribution is 7.48. The van der Waals surface area contributed by atoms with E-state index in [1.54, 1.807) is 0 Å². The molecule has 1 unspecified atom stereocenters. The van der Waals surface area contributed by atoms with Gasteiger partial charge in [-0.15, -0.1) is 4.52 Å². The third-order valence-electron chi connectivity index (χ3n) is 4.88. The first-order valence-corrected chi connectivity index (χ1v) is 12.2. The van der Waals surface area contributed by atoms with E-state index >= 15 is 0 Å². The highest BCUT2D eigenvalue weighted by atomic mass is 31.1. The lowest BCUT2D eigenvalue weighted by Crippen LogP contribution is -2.11. The summed E-state index contributed by atoms with van der Waals surface area (Å²) in [4.78, 5) is 0. The van der Waals surface area contributed by atoms with Gasteiger partial charge in [-0.25, -0.2) is 0 Å². The van der Waals surface area contributed by atoms with E-state index in [4.69, 9.17) is 4.52 Å². The summed E-state index contributed by atoms with van der Waals surface area (Å²) in [6.45, 7) is 16.0. The van der Waals surface area contributed by atoms with Gasteiger partial charge in [0, 0.05) is 5.56 Å². The van der Waals surface area contributed by atoms with Gasteiger partial charge in [0.05, 0.1) is 0 Å². The summed E-state index contributed by atoms with van der Waals surface area (Å²) < 4.78 is 18.4. The van der Waals surface area contributed by atoms with Crippen LogP contribution in [0.4, 0.5) is 0 Å². The van der Waals surface area contributed by atoms with Crippen molar-refractivity contribution in [1.82, 2.24) is 0 Å². The Morgan fingerprint density at radius 2 is 1.34 bits per heavy atom. The molecule has 2 aromatic carbocycles. The van der Waals surface area contributed by atoms with Crippen LogP contribution in [0.1, 0.15) is 65.2 Å². The van der Waals surface area contributed by atoms with Crippen LogP contribution in [0.25, 0.3) is 11.1 Å². The number of hydrogen-bond acceptors (Lipinski definition) is 2. The molecule has 0 fully saturated rings. The van der Waals surface area contributed by atoms with Crippen LogP contribution in [0.3, 0.4) is 0 Å². The van der Waals surface area contributed by atoms with Crippen LogP contribution in [-0.4, -0.2) is 6.61 Å². The number of hydrogen-bond donors (Lipinski definition) is 0. The topological polar surface area (TPSA) is 26.3 Å². The molecule has 0 radical (unpaired) electrons. The van der Waals surface area contributed by atoms with E-state index in [1.165, 1.54) is 22.3 Å². The first-order chi connectivity index (χ1) is 13.7. The molecule has 2 rings (SSSR count). The molecule has 0 saturated heterocycles. The smallest absolute Gasteiger partial charge is 0.142 e. The molecular formula is C26H38O2P+. The molecule has 0 saturated carbocycles. The Labute approximate surface area is 179 Å². The summed E-state index contributed by atoms with van der Waals surface area (Å²) >= 11 is 0. The fourth-order valence-corrected chi connectivity index (χ4v) is 4.97. The van der Waals surface area contributed by atoms with Gasteiger partial charge in [-0.1, -0.05) is 65.8 Å². The van der Waals surface area contributed by atoms with E-state index in [0.717, 1.165) is 30.1 Å². The van der Waals surface area contributed by atoms with Crippen molar-refractivity contribution >= 4 is 13.3 Å². The largest absolute Gasteiger partial charge is 0.549 e. The van der Waals surface area contributed by atoms with Gasteiger partial charge in [0.2, 0.25) is 5.30 Å². The lowest BCUT2D eigenvalue weighted by atomic mass is 9.84. The van der Waals surface area contributed by atoms with E-state index in [9.17, 15) is 4.57 Å². The minimum Gasteiger partial charge on any atom is -0.142 e. The van der Waals surface area contributed by atoms with Crippen molar-refractivity contribution in [3.8, 4) is 11.1 Å². The van der Waals surface area contributed by atoms with E-state index in [-0.39, 0.29) is 0 Å². The van der Waals surface area contributed by atoms with Gasteiger partial charge >= 0.3 is 8.03 Å². The Balaban J connectivity index is 2.75. The lowest BCUT2D eigenvalue weighted by Gasteiger charge is -2.21. The summed E-state index contributed by atoms with van der Waals surface area (Å²) in [5.74, 6) is 1.74. The van der Waals surface area contributed by atoms with Crippen molar-refractivity contribution in [1.29, 1.82) is 0 Å². The maximum Gasteiger partial charge on any atom is 0.549 e. The van der Waals surface area contributed by atoms with Crippen molar-refractivity contribution in [2.24, 2.45) is 17.8 Å². The summed E-state index contributed by atoms with van der Waals surface area (Å²) in [6.07, 6.45) is 3.13. The van der Waals surface area contributed by atoms with Crippen LogP contribution in [0.5, 0.6) is 0 Å². The predicted molar refractivity (Wildman–Crippen MR) is 126 cm³/mol. The third-order valence-corrected chi connectivity index (χ3v) is 6.15. The monoisotopic (exact) mass is 413 g/mol. The average molecular weight is 414 g/mol. The van der Waals surface area contributed by atoms with Gasteiger partial charge in [-0.05, 0) is 82.9 Å². The molecule has 158 valence electrons. The second kappa shape index (κ2) is 11.0. The average Bonchev–Trinajstić information content (AvgIpc) is 2.60. The molecule has 0 bridgehead atoms. The second-order valence-corrected chi connectivity index (χ2v) is 10.5. The van der Waals surface area contributed by atoms with Crippen molar-refractivity contribution in [3.63, 3.8) is 0 Å². The van der Waals surface area contributed by atoms with Gasteiger partial charge in [-0.2, -0.15) is 0 Å². The van der Waals surface area contributed by atoms with E-state index in [1.807, 2.05) is 25.1 Å². The fourth-order valence-electron chi connectivity index (χ4n) is 4.01. The lowest BCUT2D eigenvalue weighted by molar-refractivity contribution is 0.357. The minimum absolute atomic E-state index is 0.453. The molecule has 0 N–H and O–H groups in total. The van der Waals surface area contributed by atoms with Crippen molar-refractivity contribution in [3.05, 3.63) is 53.1 Å². The molecule has 2 nitrogen and oxygen atoms in total. The molecule has 0 aliphatic heterocycles. The summed E-state index contributed by atoms with van der Waals surface area (Å²) in [5, 5.41) is 0.816. The molecule has 0 aromatic heterocycles. The fraction of sp³-hybridized carbons (Fsp3) is 0.538. The van der Waals surface area contributed by atoms with Gasteiger partial charge in [0.1, 0.15) is 6.61 Å². The van der Waals surface area contributed by atoms with Crippen LogP contribution in [0, 0.1) is 17.8 Å². The summed E-state index contributed by atoms with van der Waals surface area (Å²) in [6, 6.07) is 12.9. The minimum atomic E-state index is -1.86. The second-order valence-electron chi connectivity index (χ2n) is 9.28. The zero-order chi connectivity index (χ0) is 21.6. The zero-order valence-electron chi connectivity index (χ0n) is 19.3. The van der Waals surface area contributed by atoms with Crippen molar-refractivity contribution in [2.75, 3.05) is 6.61 Å². The van der Waals surface area contributed by atoms with Crippen LogP contribution < -0.4 is 5.30 Å². The van der Waals surface area contributed by atoms with Gasteiger partial charge in [-0.3, -0.25) is 0 Å². The van der Waals surface area contributed by atoms with Crippen LogP contribution >= 0.6 is 8.03 Å². The van der Waals surface area contributed by atoms with Gasteiger partial charge in [0.15, 0.2) is 0 Å². The Morgan fingerprint density at radius 3 is 1.83 bits per heavy atom. The number of benzene rings is 2. The number of rotatable bonds is 10. The summed E-state index contributed by atoms with van der Waals surface area (Å²) in [5.41, 5.74) is 6.52. The SMILES string of the molecule is CCO[P+](=O)c1ccccc1-c1c(CC(C)C)cc(CC(C)C)cc1CC(C)C. The van der Waals surface area contributed by atoms with E-state index in [0.29, 0.717) is 24.4 Å². The molecule has 0 spiro atoms. The van der Waals surface area contributed by atoms with E-state index in [2.05, 4.69) is 59.7 Å². The zero-order valence-corrected chi connectivity index (χ0v) is 20.2. The van der Waals surface area contributed by atoms with E-state index < -0.39 is 8.03 Å². The highest BCUT2D eigenvalue weighted by Crippen LogP contribution is 2.36. The van der Waals surface area contributed by atoms with Crippen molar-refractivity contribution in [2.45, 2.75) is 67.7 Å². The molecule has 0 aliphatic carbocycles. The van der Waals surface area contributed by atoms with Crippen LogP contribution in [-0.2, 0) is 28.4 Å². The standard InChI is InChI=1S/C26H38O2P/c1-8-28-29(27)25-12-10-9-11-24(25)26-22(14-19(4)5)16-21(13-18(2)3)17-23(26)15-20(6)7/h9-12,16-20H,8,13-15H2,1-7H3/q+1. The molecule has 0 aliphatic rings.